The molecule has 1 N–H and O–H groups in total. The van der Waals surface area contributed by atoms with Gasteiger partial charge in [-0.1, -0.05) is 29.8 Å². The van der Waals surface area contributed by atoms with Crippen molar-refractivity contribution in [1.29, 1.82) is 0 Å². The molecule has 1 unspecified atom stereocenters. The molecule has 3 nitrogen and oxygen atoms in total. The monoisotopic (exact) mass is 303 g/mol. The molecule has 2 aromatic rings. The quantitative estimate of drug-likeness (QED) is 0.940. The number of pyridine rings is 1. The van der Waals surface area contributed by atoms with Crippen LogP contribution in [0.15, 0.2) is 42.6 Å². The van der Waals surface area contributed by atoms with Gasteiger partial charge < -0.3 is 9.84 Å². The molecule has 0 aliphatic carbocycles. The minimum Gasteiger partial charge on any atom is -0.405 e. The lowest BCUT2D eigenvalue weighted by molar-refractivity contribution is -0.275. The van der Waals surface area contributed by atoms with Crippen LogP contribution in [0.25, 0.3) is 0 Å². The van der Waals surface area contributed by atoms with Crippen LogP contribution in [0.2, 0.25) is 5.02 Å². The van der Waals surface area contributed by atoms with Crippen LogP contribution in [0.1, 0.15) is 17.4 Å². The van der Waals surface area contributed by atoms with Crippen molar-refractivity contribution >= 4 is 11.6 Å². The van der Waals surface area contributed by atoms with E-state index in [4.69, 9.17) is 11.6 Å². The highest BCUT2D eigenvalue weighted by atomic mass is 35.5. The molecular weight excluding hydrogens is 295 g/mol. The van der Waals surface area contributed by atoms with E-state index in [1.54, 1.807) is 6.07 Å². The third-order valence-electron chi connectivity index (χ3n) is 2.49. The van der Waals surface area contributed by atoms with E-state index in [0.717, 1.165) is 6.07 Å². The van der Waals surface area contributed by atoms with Crippen LogP contribution >= 0.6 is 11.6 Å². The Bertz CT molecular complexity index is 604. The van der Waals surface area contributed by atoms with Crippen LogP contribution in [-0.4, -0.2) is 16.5 Å². The molecule has 0 saturated heterocycles. The van der Waals surface area contributed by atoms with Gasteiger partial charge in [-0.25, -0.2) is 0 Å². The van der Waals surface area contributed by atoms with Gasteiger partial charge in [0.2, 0.25) is 0 Å². The van der Waals surface area contributed by atoms with Crippen molar-refractivity contribution in [3.63, 3.8) is 0 Å². The summed E-state index contributed by atoms with van der Waals surface area (Å²) in [5.74, 6) is -0.491. The summed E-state index contributed by atoms with van der Waals surface area (Å²) in [7, 11) is 0. The molecule has 0 aliphatic rings. The minimum atomic E-state index is -4.84. The Balaban J connectivity index is 2.40. The van der Waals surface area contributed by atoms with E-state index in [9.17, 15) is 18.3 Å². The van der Waals surface area contributed by atoms with Gasteiger partial charge in [-0.05, 0) is 18.2 Å². The second kappa shape index (κ2) is 5.68. The number of aliphatic hydroxyl groups excluding tert-OH is 1. The molecule has 1 heterocycles. The van der Waals surface area contributed by atoms with Gasteiger partial charge in [-0.2, -0.15) is 0 Å². The molecule has 0 aliphatic heterocycles. The lowest BCUT2D eigenvalue weighted by Crippen LogP contribution is -2.19. The lowest BCUT2D eigenvalue weighted by Gasteiger charge is -2.17. The van der Waals surface area contributed by atoms with Gasteiger partial charge >= 0.3 is 6.36 Å². The smallest absolute Gasteiger partial charge is 0.405 e. The summed E-state index contributed by atoms with van der Waals surface area (Å²) in [4.78, 5) is 3.87. The Labute approximate surface area is 117 Å². The van der Waals surface area contributed by atoms with Crippen molar-refractivity contribution in [3.05, 3.63) is 58.9 Å². The van der Waals surface area contributed by atoms with Crippen molar-refractivity contribution in [2.24, 2.45) is 0 Å². The second-order valence-electron chi connectivity index (χ2n) is 3.86. The Morgan fingerprint density at radius 1 is 1.15 bits per heavy atom. The Morgan fingerprint density at radius 3 is 2.50 bits per heavy atom. The largest absolute Gasteiger partial charge is 0.573 e. The summed E-state index contributed by atoms with van der Waals surface area (Å²) in [6.07, 6.45) is -4.87. The predicted octanol–water partition coefficient (Wildman–Crippen LogP) is 3.72. The standard InChI is InChI=1S/C13H9ClF3NO2/c14-9-5-3-7-18-11(9)12(19)8-4-1-2-6-10(8)20-13(15,16)17/h1-7,12,19H. The van der Waals surface area contributed by atoms with Crippen LogP contribution in [0.3, 0.4) is 0 Å². The number of alkyl halides is 3. The Hall–Kier alpha value is -1.79. The van der Waals surface area contributed by atoms with Gasteiger partial charge in [-0.15, -0.1) is 13.2 Å². The Kier molecular flexibility index (Phi) is 4.15. The first-order valence-electron chi connectivity index (χ1n) is 5.51. The van der Waals surface area contributed by atoms with Gasteiger partial charge in [0.1, 0.15) is 11.9 Å². The minimum absolute atomic E-state index is 0.0624. The summed E-state index contributed by atoms with van der Waals surface area (Å²) < 4.78 is 40.8. The lowest BCUT2D eigenvalue weighted by atomic mass is 10.0. The van der Waals surface area contributed by atoms with E-state index in [-0.39, 0.29) is 16.3 Å². The van der Waals surface area contributed by atoms with Gasteiger partial charge in [0.05, 0.1) is 10.7 Å². The molecule has 2 rings (SSSR count). The normalized spacial score (nSPS) is 13.1. The first-order chi connectivity index (χ1) is 9.38. The van der Waals surface area contributed by atoms with E-state index < -0.39 is 18.2 Å². The summed E-state index contributed by atoms with van der Waals surface area (Å²) in [5.41, 5.74) is -0.00202. The number of rotatable bonds is 3. The van der Waals surface area contributed by atoms with Crippen molar-refractivity contribution in [2.45, 2.75) is 12.5 Å². The second-order valence-corrected chi connectivity index (χ2v) is 4.27. The molecule has 0 radical (unpaired) electrons. The highest BCUT2D eigenvalue weighted by Crippen LogP contribution is 2.34. The number of hydrogen-bond acceptors (Lipinski definition) is 3. The third-order valence-corrected chi connectivity index (χ3v) is 2.80. The summed E-state index contributed by atoms with van der Waals surface area (Å²) in [5, 5.41) is 10.3. The number of hydrogen-bond donors (Lipinski definition) is 1. The molecule has 1 aromatic carbocycles. The molecule has 106 valence electrons. The highest BCUT2D eigenvalue weighted by molar-refractivity contribution is 6.31. The fraction of sp³-hybridized carbons (Fsp3) is 0.154. The van der Waals surface area contributed by atoms with Crippen LogP contribution in [0, 0.1) is 0 Å². The van der Waals surface area contributed by atoms with Crippen LogP contribution < -0.4 is 4.74 Å². The molecule has 0 spiro atoms. The van der Waals surface area contributed by atoms with E-state index >= 15 is 0 Å². The van der Waals surface area contributed by atoms with E-state index in [1.807, 2.05) is 0 Å². The number of benzene rings is 1. The van der Waals surface area contributed by atoms with Gasteiger partial charge in [0.25, 0.3) is 0 Å². The van der Waals surface area contributed by atoms with Crippen molar-refractivity contribution in [2.75, 3.05) is 0 Å². The van der Waals surface area contributed by atoms with Crippen molar-refractivity contribution in [3.8, 4) is 5.75 Å². The number of aliphatic hydroxyl groups is 1. The van der Waals surface area contributed by atoms with Crippen LogP contribution in [0.5, 0.6) is 5.75 Å². The maximum atomic E-state index is 12.3. The average Bonchev–Trinajstić information content (AvgIpc) is 2.37. The fourth-order valence-electron chi connectivity index (χ4n) is 1.67. The van der Waals surface area contributed by atoms with Crippen LogP contribution in [0.4, 0.5) is 13.2 Å². The van der Waals surface area contributed by atoms with Gasteiger partial charge in [0.15, 0.2) is 0 Å². The fourth-order valence-corrected chi connectivity index (χ4v) is 1.90. The summed E-state index contributed by atoms with van der Waals surface area (Å²) >= 11 is 5.87. The molecule has 0 amide bonds. The maximum absolute atomic E-state index is 12.3. The third kappa shape index (κ3) is 3.40. The number of ether oxygens (including phenoxy) is 1. The van der Waals surface area contributed by atoms with Crippen LogP contribution in [-0.2, 0) is 0 Å². The number of aromatic nitrogens is 1. The molecule has 7 heteroatoms. The average molecular weight is 304 g/mol. The highest BCUT2D eigenvalue weighted by Gasteiger charge is 2.33. The van der Waals surface area contributed by atoms with E-state index in [1.165, 1.54) is 30.5 Å². The molecule has 1 atom stereocenters. The Morgan fingerprint density at radius 2 is 1.85 bits per heavy atom. The zero-order chi connectivity index (χ0) is 14.8. The molecule has 0 fully saturated rings. The van der Waals surface area contributed by atoms with E-state index in [2.05, 4.69) is 9.72 Å². The summed E-state index contributed by atoms with van der Waals surface area (Å²) in [6, 6.07) is 8.33. The molecule has 0 bridgehead atoms. The zero-order valence-corrected chi connectivity index (χ0v) is 10.7. The van der Waals surface area contributed by atoms with Gasteiger partial charge in [-0.3, -0.25) is 4.98 Å². The topological polar surface area (TPSA) is 42.4 Å². The first-order valence-corrected chi connectivity index (χ1v) is 5.89. The maximum Gasteiger partial charge on any atom is 0.573 e. The SMILES string of the molecule is OC(c1ccccc1OC(F)(F)F)c1ncccc1Cl. The number of nitrogens with zero attached hydrogens (tertiary/aromatic N) is 1. The van der Waals surface area contributed by atoms with Gasteiger partial charge in [0, 0.05) is 11.8 Å². The molecular formula is C13H9ClF3NO2. The molecule has 1 aromatic heterocycles. The van der Waals surface area contributed by atoms with Crippen molar-refractivity contribution < 1.29 is 23.0 Å². The zero-order valence-electron chi connectivity index (χ0n) is 9.93. The van der Waals surface area contributed by atoms with Crippen molar-refractivity contribution in [1.82, 2.24) is 4.98 Å². The van der Waals surface area contributed by atoms with E-state index in [0.29, 0.717) is 0 Å². The number of halogens is 4. The first kappa shape index (κ1) is 14.6. The molecule has 0 saturated carbocycles. The summed E-state index contributed by atoms with van der Waals surface area (Å²) in [6.45, 7) is 0. The molecule has 20 heavy (non-hydrogen) atoms. The predicted molar refractivity (Wildman–Crippen MR) is 66.4 cm³/mol. The number of para-hydroxylation sites is 1.